The van der Waals surface area contributed by atoms with Crippen LogP contribution in [0.25, 0.3) is 16.0 Å². The molecular weight excluding hydrogens is 1460 g/mol. The number of sulfonamides is 1. The molecule has 4 aliphatic heterocycles. The molecule has 7 atom stereocenters. The number of nitrogens with one attached hydrogen (secondary N) is 4. The number of fused-ring (bicyclic) bond motifs is 2. The highest BCUT2D eigenvalue weighted by Gasteiger charge is 2.50. The second-order valence-corrected chi connectivity index (χ2v) is 36.5. The number of carbonyl (C=O) groups excluding carboxylic acids is 5. The van der Waals surface area contributed by atoms with Crippen molar-refractivity contribution in [3.63, 3.8) is 0 Å². The Labute approximate surface area is 633 Å². The van der Waals surface area contributed by atoms with Gasteiger partial charge in [-0.05, 0) is 159 Å². The molecule has 5 heterocycles. The number of nitrogens with zero attached hydrogens (tertiary/aromatic N) is 6. The molecule has 5 aliphatic rings. The van der Waals surface area contributed by atoms with Gasteiger partial charge in [0.2, 0.25) is 23.6 Å². The van der Waals surface area contributed by atoms with Gasteiger partial charge < -0.3 is 35.8 Å². The molecule has 6 aromatic rings. The number of carbonyl (C=O) groups is 5. The highest BCUT2D eigenvalue weighted by Crippen LogP contribution is 2.44. The van der Waals surface area contributed by atoms with E-state index in [1.807, 2.05) is 111 Å². The summed E-state index contributed by atoms with van der Waals surface area (Å²) in [6, 6.07) is 30.8. The minimum absolute atomic E-state index is 0.0165. The number of benzene rings is 5. The van der Waals surface area contributed by atoms with E-state index >= 15 is 0 Å². The maximum atomic E-state index is 14.6. The number of halogens is 4. The molecule has 5 N–H and O–H groups in total. The van der Waals surface area contributed by atoms with Crippen molar-refractivity contribution in [2.45, 2.75) is 182 Å². The van der Waals surface area contributed by atoms with E-state index in [0.717, 1.165) is 83.3 Å². The second-order valence-electron chi connectivity index (χ2n) is 30.6. The summed E-state index contributed by atoms with van der Waals surface area (Å²) >= 11 is 9.18. The van der Waals surface area contributed by atoms with Crippen molar-refractivity contribution in [3.05, 3.63) is 160 Å². The van der Waals surface area contributed by atoms with Gasteiger partial charge in [0, 0.05) is 123 Å². The van der Waals surface area contributed by atoms with Crippen molar-refractivity contribution in [3.8, 4) is 10.4 Å². The van der Waals surface area contributed by atoms with E-state index in [-0.39, 0.29) is 66.4 Å². The Bertz CT molecular complexity index is 4400. The monoisotopic (exact) mass is 1550 g/mol. The zero-order chi connectivity index (χ0) is 76.0. The fourth-order valence-electron chi connectivity index (χ4n) is 15.1. The molecule has 2 unspecified atom stereocenters. The molecular formula is C78H96ClF3N10O10S4. The molecule has 5 amide bonds. The van der Waals surface area contributed by atoms with Gasteiger partial charge in [0.05, 0.1) is 38.8 Å². The zero-order valence-corrected chi connectivity index (χ0v) is 65.0. The van der Waals surface area contributed by atoms with Gasteiger partial charge in [0.1, 0.15) is 17.0 Å². The number of amides is 5. The standard InChI is InChI=1S/C78H96ClF3N10O10S4/c1-50(52-18-20-54(21-19-52)71-51(2)83-49-104-71)84-74(97)67-41-62(93)47-92(67)75(98)72(76(3,4)5)86-69(94)16-12-9-13-17-70(95)91-46-60-40-61(91)45-90(60)35-33-58(48-103-63-14-10-8-11-15-63)85-66-31-30-64(42-68(66)105(99,100)78(80,81)82)106(101,102)87-73(96)55-24-28-59(29-25-55)89-38-36-88(37-39-89)44-56-43-77(6,7)34-32-65(56)53-22-26-57(79)27-23-53/h8,10-11,14-15,18-31,42,49-50,58,60-62,67,72,85,93H,9,12-13,16-17,32-41,43-48H2,1-7H3,(H,84,97)(H,86,94)(H,87,96)/t50-,58+,60?,61?,62+,67-,72+/m0/s1. The van der Waals surface area contributed by atoms with Gasteiger partial charge in [-0.1, -0.05) is 113 Å². The van der Waals surface area contributed by atoms with Crippen LogP contribution in [0.15, 0.2) is 147 Å². The number of anilines is 2. The van der Waals surface area contributed by atoms with Crippen molar-refractivity contribution in [1.82, 2.24) is 39.9 Å². The van der Waals surface area contributed by atoms with Crippen LogP contribution >= 0.6 is 34.7 Å². The second kappa shape index (κ2) is 33.6. The molecule has 0 radical (unpaired) electrons. The molecule has 4 fully saturated rings. The molecule has 570 valence electrons. The molecule has 0 saturated carbocycles. The number of likely N-dealkylation sites (tertiary alicyclic amines) is 3. The van der Waals surface area contributed by atoms with Crippen LogP contribution in [-0.4, -0.2) is 183 Å². The van der Waals surface area contributed by atoms with E-state index in [1.54, 1.807) is 29.0 Å². The van der Waals surface area contributed by atoms with Crippen LogP contribution in [-0.2, 0) is 39.0 Å². The Hall–Kier alpha value is -7.37. The number of aliphatic hydroxyl groups excluding tert-OH is 1. The molecule has 0 spiro atoms. The van der Waals surface area contributed by atoms with Crippen molar-refractivity contribution in [1.29, 1.82) is 0 Å². The molecule has 106 heavy (non-hydrogen) atoms. The number of thiazole rings is 1. The summed E-state index contributed by atoms with van der Waals surface area (Å²) in [5.74, 6) is -2.04. The summed E-state index contributed by atoms with van der Waals surface area (Å²) < 4.78 is 101. The number of aryl methyl sites for hydroxylation is 1. The molecule has 5 aromatic carbocycles. The first-order valence-electron chi connectivity index (χ1n) is 36.3. The van der Waals surface area contributed by atoms with E-state index in [0.29, 0.717) is 75.9 Å². The third-order valence-electron chi connectivity index (χ3n) is 21.1. The van der Waals surface area contributed by atoms with Crippen molar-refractivity contribution in [2.75, 3.05) is 74.9 Å². The van der Waals surface area contributed by atoms with Crippen LogP contribution in [0.4, 0.5) is 24.5 Å². The lowest BCUT2D eigenvalue weighted by molar-refractivity contribution is -0.144. The lowest BCUT2D eigenvalue weighted by atomic mass is 9.73. The van der Waals surface area contributed by atoms with Gasteiger partial charge in [-0.3, -0.25) is 33.8 Å². The van der Waals surface area contributed by atoms with Crippen molar-refractivity contribution >= 4 is 101 Å². The Morgan fingerprint density at radius 3 is 2.13 bits per heavy atom. The summed E-state index contributed by atoms with van der Waals surface area (Å²) in [5, 5.41) is 20.5. The lowest BCUT2D eigenvalue weighted by Gasteiger charge is -2.39. The normalized spacial score (nSPS) is 20.3. The predicted octanol–water partition coefficient (Wildman–Crippen LogP) is 12.5. The first kappa shape index (κ1) is 79.7. The number of hydrogen-bond acceptors (Lipinski definition) is 17. The number of rotatable bonds is 28. The maximum absolute atomic E-state index is 14.6. The van der Waals surface area contributed by atoms with Gasteiger partial charge in [-0.15, -0.1) is 23.1 Å². The highest BCUT2D eigenvalue weighted by molar-refractivity contribution is 7.99. The molecule has 2 bridgehead atoms. The van der Waals surface area contributed by atoms with Crippen LogP contribution in [0.2, 0.25) is 5.02 Å². The van der Waals surface area contributed by atoms with Crippen LogP contribution in [0.5, 0.6) is 0 Å². The topological polar surface area (TPSA) is 251 Å². The number of hydrogen-bond donors (Lipinski definition) is 5. The van der Waals surface area contributed by atoms with E-state index < -0.39 is 94.3 Å². The predicted molar refractivity (Wildman–Crippen MR) is 410 cm³/mol. The third-order valence-corrected chi connectivity index (χ3v) is 26.3. The Kier molecular flexibility index (Phi) is 25.3. The number of aliphatic hydroxyl groups is 1. The van der Waals surface area contributed by atoms with Gasteiger partial charge in [-0.2, -0.15) is 13.2 Å². The van der Waals surface area contributed by atoms with Crippen LogP contribution in [0.3, 0.4) is 0 Å². The van der Waals surface area contributed by atoms with Crippen LogP contribution in [0, 0.1) is 17.8 Å². The Balaban J connectivity index is 0.653. The molecule has 20 nitrogen and oxygen atoms in total. The van der Waals surface area contributed by atoms with Crippen LogP contribution in [0.1, 0.15) is 145 Å². The van der Waals surface area contributed by atoms with Gasteiger partial charge in [0.25, 0.3) is 25.8 Å². The minimum atomic E-state index is -6.19. The first-order valence-corrected chi connectivity index (χ1v) is 41.5. The average molecular weight is 1550 g/mol. The quantitative estimate of drug-likeness (QED) is 0.0226. The number of sulfone groups is 1. The number of aromatic nitrogens is 1. The van der Waals surface area contributed by atoms with E-state index in [9.17, 15) is 59.1 Å². The SMILES string of the molecule is Cc1ncsc1-c1ccc([C@H](C)NC(=O)[C@@H]2C[C@@H](O)CN2C(=O)[C@@H](NC(=O)CCCCCC(=O)N2CC3CC2CN3CC[C@H](CSc2ccccc2)Nc2ccc(S(=O)(=O)NC(=O)c3ccc(N4CCN(CC5=C(c6ccc(Cl)cc6)CCC(C)(C)C5)CC4)cc3)cc2S(=O)(=O)C(F)(F)F)C(C)(C)C)cc1. The van der Waals surface area contributed by atoms with E-state index in [4.69, 9.17) is 11.6 Å². The summed E-state index contributed by atoms with van der Waals surface area (Å²) in [6.07, 6.45) is 5.10. The zero-order valence-electron chi connectivity index (χ0n) is 61.0. The lowest BCUT2D eigenvalue weighted by Crippen LogP contribution is -2.57. The molecule has 1 aliphatic carbocycles. The molecule has 1 aromatic heterocycles. The van der Waals surface area contributed by atoms with Gasteiger partial charge in [-0.25, -0.2) is 26.5 Å². The highest BCUT2D eigenvalue weighted by atomic mass is 35.5. The fourth-order valence-corrected chi connectivity index (χ4v) is 19.1. The molecule has 28 heteroatoms. The van der Waals surface area contributed by atoms with Crippen molar-refractivity contribution < 1.29 is 59.1 Å². The number of thioether (sulfide) groups is 1. The number of allylic oxidation sites excluding steroid dienone is 1. The number of β-amino-alcohol motifs (C(OH)–C–C–N with tert-alkyl or cyclic N) is 1. The number of piperazine rings is 2. The van der Waals surface area contributed by atoms with E-state index in [2.05, 4.69) is 61.6 Å². The fraction of sp³-hybridized carbons (Fsp3) is 0.487. The third kappa shape index (κ3) is 19.5. The average Bonchev–Trinajstić information content (AvgIpc) is 0.776. The number of alkyl halides is 3. The van der Waals surface area contributed by atoms with E-state index in [1.165, 1.54) is 45.5 Å². The van der Waals surface area contributed by atoms with Crippen LogP contribution < -0.4 is 25.6 Å². The molecule has 11 rings (SSSR count). The molecule has 4 saturated heterocycles. The minimum Gasteiger partial charge on any atom is -0.391 e. The number of unbranched alkanes of at least 4 members (excludes halogenated alkanes) is 2. The summed E-state index contributed by atoms with van der Waals surface area (Å²) in [5.41, 5.74) is 2.53. The Morgan fingerprint density at radius 2 is 1.48 bits per heavy atom. The Morgan fingerprint density at radius 1 is 0.792 bits per heavy atom. The first-order chi connectivity index (χ1) is 50.2. The maximum Gasteiger partial charge on any atom is 0.501 e. The smallest absolute Gasteiger partial charge is 0.391 e. The largest absolute Gasteiger partial charge is 0.501 e. The van der Waals surface area contributed by atoms with Crippen molar-refractivity contribution in [2.24, 2.45) is 10.8 Å². The summed E-state index contributed by atoms with van der Waals surface area (Å²) in [7, 11) is -11.1. The van der Waals surface area contributed by atoms with Gasteiger partial charge >= 0.3 is 5.51 Å². The van der Waals surface area contributed by atoms with Gasteiger partial charge in [0.15, 0.2) is 0 Å². The summed E-state index contributed by atoms with van der Waals surface area (Å²) in [4.78, 5) is 83.2. The summed E-state index contributed by atoms with van der Waals surface area (Å²) in [6.45, 7) is 19.1.